The van der Waals surface area contributed by atoms with Crippen molar-refractivity contribution in [1.82, 2.24) is 0 Å². The molecule has 1 saturated carbocycles. The van der Waals surface area contributed by atoms with Gasteiger partial charge in [0.25, 0.3) is 0 Å². The van der Waals surface area contributed by atoms with Crippen LogP contribution >= 0.6 is 11.8 Å². The van der Waals surface area contributed by atoms with Crippen LogP contribution in [0.1, 0.15) is 44.9 Å². The van der Waals surface area contributed by atoms with Gasteiger partial charge in [-0.05, 0) is 19.3 Å². The summed E-state index contributed by atoms with van der Waals surface area (Å²) in [7, 11) is 0. The van der Waals surface area contributed by atoms with E-state index in [9.17, 15) is 14.4 Å². The number of ether oxygens (including phenoxy) is 1. The van der Waals surface area contributed by atoms with Crippen LogP contribution in [0.2, 0.25) is 0 Å². The summed E-state index contributed by atoms with van der Waals surface area (Å²) >= 11 is 1.77. The number of hydrogen-bond donors (Lipinski definition) is 1. The fourth-order valence-electron chi connectivity index (χ4n) is 3.45. The minimum Gasteiger partial charge on any atom is -0.380 e. The normalized spacial score (nSPS) is 26.7. The molecule has 0 spiro atoms. The summed E-state index contributed by atoms with van der Waals surface area (Å²) in [4.78, 5) is 35.4. The van der Waals surface area contributed by atoms with Crippen LogP contribution in [0.25, 0.3) is 0 Å². The summed E-state index contributed by atoms with van der Waals surface area (Å²) in [5, 5.41) is 0.290. The van der Waals surface area contributed by atoms with E-state index < -0.39 is 0 Å². The van der Waals surface area contributed by atoms with Crippen LogP contribution in [0, 0.1) is 11.8 Å². The van der Waals surface area contributed by atoms with E-state index in [2.05, 4.69) is 0 Å². The number of thioether (sulfide) groups is 1. The Kier molecular flexibility index (Phi) is 7.73. The van der Waals surface area contributed by atoms with Crippen LogP contribution in [-0.2, 0) is 19.1 Å². The lowest BCUT2D eigenvalue weighted by atomic mass is 9.91. The number of fused-ring (bicyclic) bond motifs is 1. The molecule has 2 N–H and O–H groups in total. The van der Waals surface area contributed by atoms with Crippen LogP contribution < -0.4 is 5.73 Å². The minimum atomic E-state index is -0.0390. The molecule has 0 amide bonds. The molecule has 0 unspecified atom stereocenters. The summed E-state index contributed by atoms with van der Waals surface area (Å²) in [5.74, 6) is 1.31. The highest BCUT2D eigenvalue weighted by Crippen LogP contribution is 2.45. The molecule has 6 heteroatoms. The quantitative estimate of drug-likeness (QED) is 0.455. The molecule has 2 aliphatic rings. The molecule has 23 heavy (non-hydrogen) atoms. The molecule has 0 aromatic rings. The molecule has 2 fully saturated rings. The van der Waals surface area contributed by atoms with Gasteiger partial charge in [-0.1, -0.05) is 6.42 Å². The summed E-state index contributed by atoms with van der Waals surface area (Å²) in [6, 6.07) is 0. The third kappa shape index (κ3) is 5.40. The number of unbranched alkanes of at least 4 members (excludes halogenated alkanes) is 1. The number of nitrogens with two attached hydrogens (primary N) is 1. The lowest BCUT2D eigenvalue weighted by molar-refractivity contribution is -0.123. The Balaban J connectivity index is 1.55. The molecule has 0 aromatic carbocycles. The van der Waals surface area contributed by atoms with Crippen molar-refractivity contribution in [1.29, 1.82) is 0 Å². The maximum atomic E-state index is 11.9. The highest BCUT2D eigenvalue weighted by atomic mass is 32.2. The number of carbonyl (C=O) groups excluding carboxylic acids is 3. The Morgan fingerprint density at radius 1 is 1.13 bits per heavy atom. The van der Waals surface area contributed by atoms with Crippen LogP contribution in [0.4, 0.5) is 0 Å². The van der Waals surface area contributed by atoms with Crippen molar-refractivity contribution in [3.8, 4) is 0 Å². The van der Waals surface area contributed by atoms with E-state index in [4.69, 9.17) is 10.5 Å². The molecular formula is C17H27NO4S. The van der Waals surface area contributed by atoms with Crippen molar-refractivity contribution in [2.24, 2.45) is 17.6 Å². The zero-order valence-electron chi connectivity index (χ0n) is 13.6. The Bertz CT molecular complexity index is 440. The first-order chi connectivity index (χ1) is 11.1. The van der Waals surface area contributed by atoms with Gasteiger partial charge in [0.15, 0.2) is 0 Å². The van der Waals surface area contributed by atoms with Crippen LogP contribution in [0.3, 0.4) is 0 Å². The highest BCUT2D eigenvalue weighted by molar-refractivity contribution is 8.00. The van der Waals surface area contributed by atoms with Gasteiger partial charge in [0.1, 0.15) is 17.3 Å². The molecule has 1 aliphatic heterocycles. The highest BCUT2D eigenvalue weighted by Gasteiger charge is 2.49. The first kappa shape index (κ1) is 18.6. The van der Waals surface area contributed by atoms with Crippen molar-refractivity contribution >= 4 is 29.1 Å². The van der Waals surface area contributed by atoms with Gasteiger partial charge in [0.05, 0.1) is 13.0 Å². The van der Waals surface area contributed by atoms with Crippen molar-refractivity contribution in [3.63, 3.8) is 0 Å². The Morgan fingerprint density at radius 3 is 2.70 bits per heavy atom. The average molecular weight is 341 g/mol. The predicted octanol–water partition coefficient (Wildman–Crippen LogP) is 1.76. The molecule has 0 aromatic heterocycles. The van der Waals surface area contributed by atoms with Gasteiger partial charge in [-0.3, -0.25) is 14.4 Å². The first-order valence-electron chi connectivity index (χ1n) is 8.60. The predicted molar refractivity (Wildman–Crippen MR) is 90.4 cm³/mol. The van der Waals surface area contributed by atoms with Gasteiger partial charge in [-0.15, -0.1) is 0 Å². The zero-order chi connectivity index (χ0) is 16.7. The van der Waals surface area contributed by atoms with Crippen molar-refractivity contribution in [2.45, 2.75) is 50.2 Å². The van der Waals surface area contributed by atoms with Gasteiger partial charge in [0, 0.05) is 48.8 Å². The Labute approximate surface area is 142 Å². The second-order valence-corrected chi connectivity index (χ2v) is 7.67. The first-order valence-corrected chi connectivity index (χ1v) is 9.65. The summed E-state index contributed by atoms with van der Waals surface area (Å²) in [6.07, 6.45) is 4.86. The molecule has 2 rings (SSSR count). The van der Waals surface area contributed by atoms with Crippen LogP contribution in [0.5, 0.6) is 0 Å². The third-order valence-electron chi connectivity index (χ3n) is 4.66. The number of ketones is 3. The molecule has 130 valence electrons. The number of carbonyl (C=O) groups is 3. The van der Waals surface area contributed by atoms with E-state index in [-0.39, 0.29) is 35.6 Å². The SMILES string of the molecule is NCCOCCCC(=O)CCCC[C@@H]1SC[C@@H]2C(=O)CC(=O)[C@H]12. The maximum Gasteiger partial charge on any atom is 0.145 e. The summed E-state index contributed by atoms with van der Waals surface area (Å²) < 4.78 is 5.25. The number of rotatable bonds is 11. The van der Waals surface area contributed by atoms with Crippen LogP contribution in [-0.4, -0.2) is 48.1 Å². The van der Waals surface area contributed by atoms with E-state index in [0.717, 1.165) is 31.4 Å². The molecule has 0 bridgehead atoms. The lowest BCUT2D eigenvalue weighted by Gasteiger charge is -2.15. The maximum absolute atomic E-state index is 11.9. The third-order valence-corrected chi connectivity index (χ3v) is 6.17. The topological polar surface area (TPSA) is 86.5 Å². The van der Waals surface area contributed by atoms with Gasteiger partial charge in [-0.25, -0.2) is 0 Å². The monoisotopic (exact) mass is 341 g/mol. The average Bonchev–Trinajstić information content (AvgIpc) is 3.06. The number of hydrogen-bond acceptors (Lipinski definition) is 6. The Hall–Kier alpha value is -0.720. The molecule has 1 aliphatic carbocycles. The van der Waals surface area contributed by atoms with Crippen molar-refractivity contribution < 1.29 is 19.1 Å². The van der Waals surface area contributed by atoms with Crippen LogP contribution in [0.15, 0.2) is 0 Å². The second kappa shape index (κ2) is 9.55. The molecule has 5 nitrogen and oxygen atoms in total. The van der Waals surface area contributed by atoms with E-state index in [1.165, 1.54) is 0 Å². The largest absolute Gasteiger partial charge is 0.380 e. The fraction of sp³-hybridized carbons (Fsp3) is 0.824. The van der Waals surface area contributed by atoms with E-state index >= 15 is 0 Å². The summed E-state index contributed by atoms with van der Waals surface area (Å²) in [6.45, 7) is 1.67. The van der Waals surface area contributed by atoms with E-state index in [1.54, 1.807) is 11.8 Å². The second-order valence-electron chi connectivity index (χ2n) is 6.40. The molecular weight excluding hydrogens is 314 g/mol. The van der Waals surface area contributed by atoms with Gasteiger partial charge in [-0.2, -0.15) is 11.8 Å². The Morgan fingerprint density at radius 2 is 1.91 bits per heavy atom. The standard InChI is InChI=1S/C17H27NO4S/c18-7-9-22-8-3-5-12(19)4-1-2-6-16-17-13(11-23-16)14(20)10-15(17)21/h13,16-17H,1-11,18H2/t13-,16+,17-/m1/s1. The van der Waals surface area contributed by atoms with E-state index in [1.807, 2.05) is 0 Å². The van der Waals surface area contributed by atoms with Gasteiger partial charge < -0.3 is 10.5 Å². The molecule has 1 saturated heterocycles. The van der Waals surface area contributed by atoms with E-state index in [0.29, 0.717) is 37.9 Å². The van der Waals surface area contributed by atoms with Crippen molar-refractivity contribution in [3.05, 3.63) is 0 Å². The molecule has 1 heterocycles. The van der Waals surface area contributed by atoms with Gasteiger partial charge in [0.2, 0.25) is 0 Å². The fourth-order valence-corrected chi connectivity index (χ4v) is 5.18. The molecule has 0 radical (unpaired) electrons. The lowest BCUT2D eigenvalue weighted by Crippen LogP contribution is -2.22. The summed E-state index contributed by atoms with van der Waals surface area (Å²) in [5.41, 5.74) is 5.32. The van der Waals surface area contributed by atoms with Crippen molar-refractivity contribution in [2.75, 3.05) is 25.5 Å². The van der Waals surface area contributed by atoms with Gasteiger partial charge >= 0.3 is 0 Å². The zero-order valence-corrected chi connectivity index (χ0v) is 14.4. The molecule has 3 atom stereocenters. The smallest absolute Gasteiger partial charge is 0.145 e. The number of Topliss-reactive ketones (excluding diaryl/α,β-unsaturated/α-hetero) is 3. The minimum absolute atomic E-state index is 0.0207.